The smallest absolute Gasteiger partial charge is 0.319 e. The number of amides is 3. The number of hydrogen-bond acceptors (Lipinski definition) is 6. The number of carbonyl (C=O) groups is 2. The van der Waals surface area contributed by atoms with Gasteiger partial charge in [0.05, 0.1) is 31.2 Å². The lowest BCUT2D eigenvalue weighted by Crippen LogP contribution is -2.50. The molecule has 0 saturated heterocycles. The first-order chi connectivity index (χ1) is 16.0. The van der Waals surface area contributed by atoms with E-state index in [1.54, 1.807) is 30.4 Å². The molecule has 0 saturated carbocycles. The summed E-state index contributed by atoms with van der Waals surface area (Å²) < 4.78 is 16.4. The number of aliphatic hydroxyl groups excluding tert-OH is 1. The van der Waals surface area contributed by atoms with Gasteiger partial charge in [-0.25, -0.2) is 4.79 Å². The van der Waals surface area contributed by atoms with Crippen LogP contribution in [-0.2, 0) is 9.53 Å². The minimum Gasteiger partial charge on any atom is -0.454 e. The lowest BCUT2D eigenvalue weighted by molar-refractivity contribution is -0.125. The third-order valence-electron chi connectivity index (χ3n) is 5.46. The van der Waals surface area contributed by atoms with Crippen LogP contribution in [0.25, 0.3) is 0 Å². The molecular weight excluding hydrogens is 426 g/mol. The van der Waals surface area contributed by atoms with Gasteiger partial charge >= 0.3 is 6.03 Å². The van der Waals surface area contributed by atoms with Crippen molar-refractivity contribution in [3.8, 4) is 11.5 Å². The molecule has 33 heavy (non-hydrogen) atoms. The highest BCUT2D eigenvalue weighted by atomic mass is 16.7. The summed E-state index contributed by atoms with van der Waals surface area (Å²) in [6, 6.07) is 13.6. The van der Waals surface area contributed by atoms with Gasteiger partial charge in [0, 0.05) is 11.8 Å². The van der Waals surface area contributed by atoms with E-state index in [-0.39, 0.29) is 31.8 Å². The summed E-state index contributed by atoms with van der Waals surface area (Å²) in [5, 5.41) is 18.2. The van der Waals surface area contributed by atoms with E-state index in [4.69, 9.17) is 14.2 Å². The summed E-state index contributed by atoms with van der Waals surface area (Å²) in [7, 11) is 0. The highest BCUT2D eigenvalue weighted by Crippen LogP contribution is 2.34. The van der Waals surface area contributed by atoms with Crippen LogP contribution in [0.5, 0.6) is 11.5 Å². The van der Waals surface area contributed by atoms with Crippen LogP contribution in [0.3, 0.4) is 0 Å². The van der Waals surface area contributed by atoms with Crippen LogP contribution in [0.15, 0.2) is 60.7 Å². The fraction of sp³-hybridized carbons (Fsp3) is 0.333. The van der Waals surface area contributed by atoms with Gasteiger partial charge in [-0.2, -0.15) is 0 Å². The monoisotopic (exact) mass is 453 g/mol. The van der Waals surface area contributed by atoms with Crippen LogP contribution >= 0.6 is 0 Å². The first-order valence-corrected chi connectivity index (χ1v) is 10.8. The molecule has 0 aromatic heterocycles. The summed E-state index contributed by atoms with van der Waals surface area (Å²) in [5.41, 5.74) is 1.55. The second-order valence-corrected chi connectivity index (χ2v) is 7.88. The van der Waals surface area contributed by atoms with E-state index in [1.165, 1.54) is 0 Å². The second-order valence-electron chi connectivity index (χ2n) is 7.88. The molecule has 9 nitrogen and oxygen atoms in total. The van der Waals surface area contributed by atoms with Crippen molar-refractivity contribution in [1.29, 1.82) is 0 Å². The van der Waals surface area contributed by atoms with Gasteiger partial charge in [-0.3, -0.25) is 4.79 Å². The Morgan fingerprint density at radius 2 is 1.88 bits per heavy atom. The van der Waals surface area contributed by atoms with Gasteiger partial charge in [-0.15, -0.1) is 0 Å². The second kappa shape index (κ2) is 10.4. The number of ether oxygens (including phenoxy) is 3. The first kappa shape index (κ1) is 22.6. The highest BCUT2D eigenvalue weighted by Gasteiger charge is 2.29. The Kier molecular flexibility index (Phi) is 7.11. The lowest BCUT2D eigenvalue weighted by Gasteiger charge is -2.31. The topological polar surface area (TPSA) is 118 Å². The van der Waals surface area contributed by atoms with Crippen molar-refractivity contribution >= 4 is 17.6 Å². The van der Waals surface area contributed by atoms with Crippen molar-refractivity contribution in [2.75, 3.05) is 18.7 Å². The Morgan fingerprint density at radius 1 is 1.09 bits per heavy atom. The third-order valence-corrected chi connectivity index (χ3v) is 5.46. The maximum Gasteiger partial charge on any atom is 0.319 e. The standard InChI is InChI=1S/C24H27N3O6/c1-15(16-5-3-2-4-6-16)25-23(29)12-18-8-9-19(22(13-28)33-18)27-24(30)26-17-7-10-20-21(11-17)32-14-31-20/h2-11,15,18-19,22,28H,12-14H2,1H3,(H,25,29)(H2,26,27,30)/t15-,18-,19-,22+/m0/s1. The maximum absolute atomic E-state index is 12.4. The predicted molar refractivity (Wildman–Crippen MR) is 121 cm³/mol. The molecule has 2 heterocycles. The van der Waals surface area contributed by atoms with Crippen LogP contribution in [-0.4, -0.2) is 48.7 Å². The largest absolute Gasteiger partial charge is 0.454 e. The highest BCUT2D eigenvalue weighted by molar-refractivity contribution is 5.90. The van der Waals surface area contributed by atoms with Gasteiger partial charge in [0.25, 0.3) is 0 Å². The summed E-state index contributed by atoms with van der Waals surface area (Å²) >= 11 is 0. The van der Waals surface area contributed by atoms with Crippen LogP contribution in [0.4, 0.5) is 10.5 Å². The van der Waals surface area contributed by atoms with Crippen molar-refractivity contribution in [2.45, 2.75) is 37.6 Å². The quantitative estimate of drug-likeness (QED) is 0.479. The molecule has 3 amide bonds. The lowest BCUT2D eigenvalue weighted by atomic mass is 10.0. The average molecular weight is 453 g/mol. The Labute approximate surface area is 191 Å². The molecule has 174 valence electrons. The zero-order valence-corrected chi connectivity index (χ0v) is 18.2. The van der Waals surface area contributed by atoms with Crippen LogP contribution < -0.4 is 25.4 Å². The SMILES string of the molecule is C[C@H](NC(=O)C[C@@H]1C=C[C@H](NC(=O)Nc2ccc3c(c2)OCO3)[C@@H](CO)O1)c1ccccc1. The molecule has 4 atom stereocenters. The Balaban J connectivity index is 1.29. The fourth-order valence-corrected chi connectivity index (χ4v) is 3.74. The van der Waals surface area contributed by atoms with E-state index in [9.17, 15) is 14.7 Å². The molecular formula is C24H27N3O6. The molecule has 0 spiro atoms. The molecule has 0 fully saturated rings. The number of hydrogen-bond donors (Lipinski definition) is 4. The molecule has 2 aliphatic heterocycles. The predicted octanol–water partition coefficient (Wildman–Crippen LogP) is 2.49. The first-order valence-electron chi connectivity index (χ1n) is 10.8. The Hall–Kier alpha value is -3.56. The van der Waals surface area contributed by atoms with Crippen LogP contribution in [0.2, 0.25) is 0 Å². The van der Waals surface area contributed by atoms with Gasteiger partial charge in [0.1, 0.15) is 6.10 Å². The molecule has 2 aromatic rings. The molecule has 9 heteroatoms. The summed E-state index contributed by atoms with van der Waals surface area (Å²) in [6.07, 6.45) is 2.40. The number of aliphatic hydroxyl groups is 1. The molecule has 0 unspecified atom stereocenters. The molecule has 4 N–H and O–H groups in total. The van der Waals surface area contributed by atoms with Gasteiger partial charge in [0.15, 0.2) is 11.5 Å². The van der Waals surface area contributed by atoms with Crippen molar-refractivity contribution in [2.24, 2.45) is 0 Å². The molecule has 2 aliphatic rings. The number of anilines is 1. The Bertz CT molecular complexity index is 1010. The van der Waals surface area contributed by atoms with Crippen LogP contribution in [0.1, 0.15) is 24.9 Å². The number of fused-ring (bicyclic) bond motifs is 1. The van der Waals surface area contributed by atoms with Crippen molar-refractivity contribution < 1.29 is 28.9 Å². The molecule has 2 aromatic carbocycles. The summed E-state index contributed by atoms with van der Waals surface area (Å²) in [4.78, 5) is 24.9. The van der Waals surface area contributed by atoms with Crippen molar-refractivity contribution in [1.82, 2.24) is 10.6 Å². The molecule has 0 radical (unpaired) electrons. The van der Waals surface area contributed by atoms with Gasteiger partial charge in [-0.1, -0.05) is 42.5 Å². The zero-order valence-electron chi connectivity index (χ0n) is 18.2. The maximum atomic E-state index is 12.4. The van der Waals surface area contributed by atoms with E-state index in [1.807, 2.05) is 37.3 Å². The number of rotatable bonds is 7. The third kappa shape index (κ3) is 5.82. The van der Waals surface area contributed by atoms with E-state index in [0.717, 1.165) is 5.56 Å². The van der Waals surface area contributed by atoms with E-state index in [2.05, 4.69) is 16.0 Å². The van der Waals surface area contributed by atoms with Crippen LogP contribution in [0, 0.1) is 0 Å². The molecule has 0 aliphatic carbocycles. The van der Waals surface area contributed by atoms with Gasteiger partial charge in [0.2, 0.25) is 12.7 Å². The number of urea groups is 1. The fourth-order valence-electron chi connectivity index (χ4n) is 3.74. The van der Waals surface area contributed by atoms with Crippen molar-refractivity contribution in [3.63, 3.8) is 0 Å². The molecule has 0 bridgehead atoms. The van der Waals surface area contributed by atoms with Crippen molar-refractivity contribution in [3.05, 3.63) is 66.2 Å². The van der Waals surface area contributed by atoms with Gasteiger partial charge in [-0.05, 0) is 24.6 Å². The van der Waals surface area contributed by atoms with E-state index >= 15 is 0 Å². The number of benzene rings is 2. The normalized spacial score (nSPS) is 21.8. The zero-order chi connectivity index (χ0) is 23.2. The van der Waals surface area contributed by atoms with E-state index < -0.39 is 24.3 Å². The minimum absolute atomic E-state index is 0.111. The number of carbonyl (C=O) groups excluding carboxylic acids is 2. The average Bonchev–Trinajstić information content (AvgIpc) is 3.28. The van der Waals surface area contributed by atoms with E-state index in [0.29, 0.717) is 17.2 Å². The minimum atomic E-state index is -0.679. The Morgan fingerprint density at radius 3 is 2.67 bits per heavy atom. The van der Waals surface area contributed by atoms with Gasteiger partial charge < -0.3 is 35.3 Å². The number of nitrogens with one attached hydrogen (secondary N) is 3. The summed E-state index contributed by atoms with van der Waals surface area (Å²) in [6.45, 7) is 1.76. The summed E-state index contributed by atoms with van der Waals surface area (Å²) in [5.74, 6) is 1.02. The molecule has 4 rings (SSSR count).